The summed E-state index contributed by atoms with van der Waals surface area (Å²) in [6.07, 6.45) is 0. The molecule has 0 saturated carbocycles. The number of nitro benzene ring substituents is 1. The highest BCUT2D eigenvalue weighted by molar-refractivity contribution is 7.21. The van der Waals surface area contributed by atoms with Gasteiger partial charge in [-0.25, -0.2) is 0 Å². The summed E-state index contributed by atoms with van der Waals surface area (Å²) in [6.45, 7) is 0. The molecule has 0 atom stereocenters. The normalized spacial score (nSPS) is 10.6. The van der Waals surface area contributed by atoms with Crippen LogP contribution in [0.5, 0.6) is 5.75 Å². The molecular formula is C16H11ClN2O4S. The van der Waals surface area contributed by atoms with Crippen LogP contribution in [-0.2, 0) is 0 Å². The molecule has 2 aromatic carbocycles. The Labute approximate surface area is 145 Å². The standard InChI is InChI=1S/C16H11ClN2O4S/c1-23-9-6-7-13-10(8-9)14(17)15(24-13)16(20)18-11-4-2-3-5-12(11)19(21)22/h2-8H,1H3,(H,18,20). The van der Waals surface area contributed by atoms with Crippen LogP contribution >= 0.6 is 22.9 Å². The Bertz CT molecular complexity index is 954. The van der Waals surface area contributed by atoms with Gasteiger partial charge in [0.15, 0.2) is 0 Å². The number of fused-ring (bicyclic) bond motifs is 1. The first-order valence-corrected chi connectivity index (χ1v) is 8.01. The van der Waals surface area contributed by atoms with E-state index in [4.69, 9.17) is 16.3 Å². The van der Waals surface area contributed by atoms with Crippen molar-refractivity contribution >= 4 is 50.3 Å². The van der Waals surface area contributed by atoms with E-state index in [1.807, 2.05) is 6.07 Å². The molecule has 3 aromatic rings. The number of anilines is 1. The van der Waals surface area contributed by atoms with Gasteiger partial charge in [0.05, 0.1) is 17.1 Å². The van der Waals surface area contributed by atoms with E-state index in [0.29, 0.717) is 16.2 Å². The fourth-order valence-electron chi connectivity index (χ4n) is 2.24. The smallest absolute Gasteiger partial charge is 0.292 e. The second-order valence-corrected chi connectivity index (χ2v) is 6.27. The molecular weight excluding hydrogens is 352 g/mol. The number of nitrogens with one attached hydrogen (secondary N) is 1. The number of ether oxygens (including phenoxy) is 1. The molecule has 0 fully saturated rings. The lowest BCUT2D eigenvalue weighted by Gasteiger charge is -2.04. The molecule has 0 aliphatic heterocycles. The van der Waals surface area contributed by atoms with E-state index in [2.05, 4.69) is 5.32 Å². The van der Waals surface area contributed by atoms with Crippen molar-refractivity contribution in [3.05, 3.63) is 62.5 Å². The van der Waals surface area contributed by atoms with Crippen LogP contribution in [0.3, 0.4) is 0 Å². The van der Waals surface area contributed by atoms with Gasteiger partial charge in [-0.1, -0.05) is 23.7 Å². The average Bonchev–Trinajstić information content (AvgIpc) is 2.91. The summed E-state index contributed by atoms with van der Waals surface area (Å²) in [5.74, 6) is 0.141. The van der Waals surface area contributed by atoms with Crippen molar-refractivity contribution in [2.45, 2.75) is 0 Å². The van der Waals surface area contributed by atoms with Gasteiger partial charge in [0.25, 0.3) is 11.6 Å². The topological polar surface area (TPSA) is 81.5 Å². The van der Waals surface area contributed by atoms with E-state index in [-0.39, 0.29) is 16.3 Å². The number of hydrogen-bond donors (Lipinski definition) is 1. The number of nitrogens with zero attached hydrogens (tertiary/aromatic N) is 1. The van der Waals surface area contributed by atoms with Crippen LogP contribution in [0.25, 0.3) is 10.1 Å². The van der Waals surface area contributed by atoms with Crippen LogP contribution in [0.1, 0.15) is 9.67 Å². The summed E-state index contributed by atoms with van der Waals surface area (Å²) in [5, 5.41) is 14.6. The monoisotopic (exact) mass is 362 g/mol. The number of methoxy groups -OCH3 is 1. The van der Waals surface area contributed by atoms with Crippen LogP contribution in [0.2, 0.25) is 5.02 Å². The van der Waals surface area contributed by atoms with Crippen molar-refractivity contribution in [2.24, 2.45) is 0 Å². The number of carbonyl (C=O) groups excluding carboxylic acids is 1. The second kappa shape index (κ2) is 6.46. The lowest BCUT2D eigenvalue weighted by molar-refractivity contribution is -0.383. The van der Waals surface area contributed by atoms with Gasteiger partial charge in [0.1, 0.15) is 16.3 Å². The third kappa shape index (κ3) is 2.91. The Balaban J connectivity index is 1.98. The summed E-state index contributed by atoms with van der Waals surface area (Å²) >= 11 is 7.52. The first-order chi connectivity index (χ1) is 11.5. The maximum atomic E-state index is 12.5. The molecule has 24 heavy (non-hydrogen) atoms. The summed E-state index contributed by atoms with van der Waals surface area (Å²) in [4.78, 5) is 23.3. The zero-order valence-corrected chi connectivity index (χ0v) is 14.0. The Hall–Kier alpha value is -2.64. The molecule has 1 heterocycles. The van der Waals surface area contributed by atoms with Crippen molar-refractivity contribution in [3.63, 3.8) is 0 Å². The number of carbonyl (C=O) groups is 1. The molecule has 0 bridgehead atoms. The Morgan fingerprint density at radius 1 is 1.29 bits per heavy atom. The number of halogens is 1. The first-order valence-electron chi connectivity index (χ1n) is 6.82. The second-order valence-electron chi connectivity index (χ2n) is 4.84. The number of thiophene rings is 1. The van der Waals surface area contributed by atoms with Crippen LogP contribution in [-0.4, -0.2) is 17.9 Å². The lowest BCUT2D eigenvalue weighted by atomic mass is 10.2. The van der Waals surface area contributed by atoms with Crippen LogP contribution < -0.4 is 10.1 Å². The summed E-state index contributed by atoms with van der Waals surface area (Å²) < 4.78 is 5.98. The Morgan fingerprint density at radius 2 is 2.04 bits per heavy atom. The predicted octanol–water partition coefficient (Wildman–Crippen LogP) is 4.72. The molecule has 0 aliphatic rings. The highest BCUT2D eigenvalue weighted by atomic mass is 35.5. The molecule has 6 nitrogen and oxygen atoms in total. The molecule has 1 amide bonds. The van der Waals surface area contributed by atoms with Crippen molar-refractivity contribution in [3.8, 4) is 5.75 Å². The van der Waals surface area contributed by atoms with E-state index in [9.17, 15) is 14.9 Å². The minimum atomic E-state index is -0.549. The molecule has 0 radical (unpaired) electrons. The molecule has 3 rings (SSSR count). The van der Waals surface area contributed by atoms with Gasteiger partial charge in [-0.3, -0.25) is 14.9 Å². The van der Waals surface area contributed by atoms with Gasteiger partial charge < -0.3 is 10.1 Å². The van der Waals surface area contributed by atoms with Gasteiger partial charge >= 0.3 is 0 Å². The maximum Gasteiger partial charge on any atom is 0.292 e. The van der Waals surface area contributed by atoms with Gasteiger partial charge in [-0.2, -0.15) is 0 Å². The third-order valence-electron chi connectivity index (χ3n) is 3.39. The predicted molar refractivity (Wildman–Crippen MR) is 94.4 cm³/mol. The minimum absolute atomic E-state index is 0.124. The van der Waals surface area contributed by atoms with E-state index < -0.39 is 10.8 Å². The lowest BCUT2D eigenvalue weighted by Crippen LogP contribution is -2.12. The zero-order chi connectivity index (χ0) is 17.3. The molecule has 1 aromatic heterocycles. The molecule has 122 valence electrons. The van der Waals surface area contributed by atoms with Crippen LogP contribution in [0.4, 0.5) is 11.4 Å². The van der Waals surface area contributed by atoms with Gasteiger partial charge in [-0.15, -0.1) is 11.3 Å². The highest BCUT2D eigenvalue weighted by Crippen LogP contribution is 2.38. The fraction of sp³-hybridized carbons (Fsp3) is 0.0625. The number of rotatable bonds is 4. The van der Waals surface area contributed by atoms with E-state index in [0.717, 1.165) is 4.70 Å². The molecule has 1 N–H and O–H groups in total. The molecule has 0 spiro atoms. The first kappa shape index (κ1) is 16.2. The van der Waals surface area contributed by atoms with Crippen molar-refractivity contribution in [1.82, 2.24) is 0 Å². The minimum Gasteiger partial charge on any atom is -0.497 e. The van der Waals surface area contributed by atoms with Crippen molar-refractivity contribution in [2.75, 3.05) is 12.4 Å². The van der Waals surface area contributed by atoms with Gasteiger partial charge in [-0.05, 0) is 24.3 Å². The quantitative estimate of drug-likeness (QED) is 0.537. The largest absolute Gasteiger partial charge is 0.497 e. The number of nitro groups is 1. The van der Waals surface area contributed by atoms with Crippen molar-refractivity contribution < 1.29 is 14.5 Å². The van der Waals surface area contributed by atoms with Gasteiger partial charge in [0, 0.05) is 16.2 Å². The summed E-state index contributed by atoms with van der Waals surface area (Å²) in [5.41, 5.74) is -0.0524. The van der Waals surface area contributed by atoms with Crippen LogP contribution in [0.15, 0.2) is 42.5 Å². The van der Waals surface area contributed by atoms with E-state index in [1.54, 1.807) is 25.3 Å². The summed E-state index contributed by atoms with van der Waals surface area (Å²) in [7, 11) is 1.55. The number of benzene rings is 2. The Kier molecular flexibility index (Phi) is 4.37. The number of para-hydroxylation sites is 2. The van der Waals surface area contributed by atoms with E-state index >= 15 is 0 Å². The van der Waals surface area contributed by atoms with Crippen LogP contribution in [0, 0.1) is 10.1 Å². The summed E-state index contributed by atoms with van der Waals surface area (Å²) in [6, 6.07) is 11.3. The number of hydrogen-bond acceptors (Lipinski definition) is 5. The fourth-order valence-corrected chi connectivity index (χ4v) is 3.62. The van der Waals surface area contributed by atoms with Crippen molar-refractivity contribution in [1.29, 1.82) is 0 Å². The molecule has 8 heteroatoms. The average molecular weight is 363 g/mol. The highest BCUT2D eigenvalue weighted by Gasteiger charge is 2.21. The molecule has 0 saturated heterocycles. The van der Waals surface area contributed by atoms with Gasteiger partial charge in [0.2, 0.25) is 0 Å². The van der Waals surface area contributed by atoms with E-state index in [1.165, 1.54) is 29.5 Å². The third-order valence-corrected chi connectivity index (χ3v) is 5.06. The SMILES string of the molecule is COc1ccc2sc(C(=O)Nc3ccccc3[N+](=O)[O-])c(Cl)c2c1. The number of amides is 1. The molecule has 0 aliphatic carbocycles. The maximum absolute atomic E-state index is 12.5. The zero-order valence-electron chi connectivity index (χ0n) is 12.4. The molecule has 0 unspecified atom stereocenters. The Morgan fingerprint density at radius 3 is 2.75 bits per heavy atom.